The highest BCUT2D eigenvalue weighted by molar-refractivity contribution is 7.91. The van der Waals surface area contributed by atoms with Gasteiger partial charge >= 0.3 is 0 Å². The molecule has 0 bridgehead atoms. The highest BCUT2D eigenvalue weighted by Gasteiger charge is 2.24. The molecule has 4 rings (SSSR count). The first-order chi connectivity index (χ1) is 16.3. The van der Waals surface area contributed by atoms with Crippen LogP contribution >= 0.6 is 11.3 Å². The van der Waals surface area contributed by atoms with Crippen LogP contribution in [-0.2, 0) is 17.1 Å². The van der Waals surface area contributed by atoms with Gasteiger partial charge in [-0.25, -0.2) is 22.9 Å². The summed E-state index contributed by atoms with van der Waals surface area (Å²) in [6.45, 7) is 5.20. The summed E-state index contributed by atoms with van der Waals surface area (Å²) in [5, 5.41) is 8.51. The van der Waals surface area contributed by atoms with E-state index < -0.39 is 21.7 Å². The van der Waals surface area contributed by atoms with E-state index in [0.29, 0.717) is 21.4 Å². The molecule has 10 nitrogen and oxygen atoms in total. The van der Waals surface area contributed by atoms with Crippen molar-refractivity contribution in [3.63, 3.8) is 0 Å². The van der Waals surface area contributed by atoms with Crippen LogP contribution in [0.15, 0.2) is 39.6 Å². The number of aromatic nitrogens is 3. The number of hydrogen-bond donors (Lipinski definition) is 3. The molecular weight excluding hydrogens is 497 g/mol. The standard InChI is InChI=1S/C22H22FN5O5S2/c1-10(2)26-20(29)15-6-13-14(9-28(4)22(30)18(13)27-15)19-16(7-17(34-19)35(24,31)32)33-21-11(3)5-12(23)8-25-21/h5-10,27H,1-4H3,(H,26,29)(H2,24,31,32). The Morgan fingerprint density at radius 2 is 2.03 bits per heavy atom. The molecule has 0 saturated heterocycles. The predicted octanol–water partition coefficient (Wildman–Crippen LogP) is 3.02. The lowest BCUT2D eigenvalue weighted by Gasteiger charge is -2.10. The van der Waals surface area contributed by atoms with Crippen molar-refractivity contribution in [2.75, 3.05) is 0 Å². The van der Waals surface area contributed by atoms with E-state index in [1.165, 1.54) is 36.0 Å². The first-order valence-electron chi connectivity index (χ1n) is 10.4. The second-order valence-corrected chi connectivity index (χ2v) is 11.1. The number of pyridine rings is 2. The average molecular weight is 520 g/mol. The highest BCUT2D eigenvalue weighted by Crippen LogP contribution is 2.44. The molecule has 0 radical (unpaired) electrons. The maximum absolute atomic E-state index is 13.5. The van der Waals surface area contributed by atoms with Crippen molar-refractivity contribution in [1.82, 2.24) is 19.9 Å². The van der Waals surface area contributed by atoms with Gasteiger partial charge in [-0.2, -0.15) is 0 Å². The monoisotopic (exact) mass is 519 g/mol. The lowest BCUT2D eigenvalue weighted by Crippen LogP contribution is -2.30. The van der Waals surface area contributed by atoms with E-state index in [4.69, 9.17) is 9.88 Å². The smallest absolute Gasteiger partial charge is 0.274 e. The van der Waals surface area contributed by atoms with Gasteiger partial charge in [-0.1, -0.05) is 0 Å². The van der Waals surface area contributed by atoms with Crippen LogP contribution < -0.4 is 20.8 Å². The van der Waals surface area contributed by atoms with Crippen molar-refractivity contribution in [2.24, 2.45) is 12.2 Å². The number of carbonyl (C=O) groups excluding carboxylic acids is 1. The van der Waals surface area contributed by atoms with Gasteiger partial charge in [0.1, 0.15) is 27.0 Å². The molecule has 4 heterocycles. The topological polar surface area (TPSA) is 149 Å². The Balaban J connectivity index is 1.95. The van der Waals surface area contributed by atoms with Gasteiger partial charge in [-0.15, -0.1) is 11.3 Å². The van der Waals surface area contributed by atoms with E-state index >= 15 is 0 Å². The molecule has 0 saturated carbocycles. The molecule has 1 amide bonds. The van der Waals surface area contributed by atoms with Crippen LogP contribution in [0.4, 0.5) is 4.39 Å². The molecule has 4 aromatic heterocycles. The van der Waals surface area contributed by atoms with E-state index in [1.807, 2.05) is 0 Å². The summed E-state index contributed by atoms with van der Waals surface area (Å²) in [6, 6.07) is 3.86. The van der Waals surface area contributed by atoms with Gasteiger partial charge in [0.15, 0.2) is 0 Å². The lowest BCUT2D eigenvalue weighted by atomic mass is 10.1. The Labute approximate surface area is 203 Å². The average Bonchev–Trinajstić information content (AvgIpc) is 3.37. The predicted molar refractivity (Wildman–Crippen MR) is 130 cm³/mol. The third-order valence-corrected chi connectivity index (χ3v) is 7.60. The Morgan fingerprint density at radius 3 is 2.66 bits per heavy atom. The summed E-state index contributed by atoms with van der Waals surface area (Å²) < 4.78 is 44.8. The van der Waals surface area contributed by atoms with E-state index in [9.17, 15) is 22.4 Å². The van der Waals surface area contributed by atoms with Crippen LogP contribution in [0.2, 0.25) is 0 Å². The third-order valence-electron chi connectivity index (χ3n) is 5.03. The maximum atomic E-state index is 13.5. The van der Waals surface area contributed by atoms with Crippen LogP contribution in [0.25, 0.3) is 21.3 Å². The number of carbonyl (C=O) groups is 1. The number of ether oxygens (including phenoxy) is 1. The number of hydrogen-bond acceptors (Lipinski definition) is 7. The minimum Gasteiger partial charge on any atom is -0.437 e. The molecule has 35 heavy (non-hydrogen) atoms. The number of nitrogens with one attached hydrogen (secondary N) is 2. The zero-order valence-electron chi connectivity index (χ0n) is 19.2. The molecule has 4 N–H and O–H groups in total. The van der Waals surface area contributed by atoms with Crippen LogP contribution in [0.3, 0.4) is 0 Å². The second kappa shape index (κ2) is 8.91. The van der Waals surface area contributed by atoms with Gasteiger partial charge in [0.25, 0.3) is 11.5 Å². The number of nitrogens with zero attached hydrogens (tertiary/aromatic N) is 2. The summed E-state index contributed by atoms with van der Waals surface area (Å²) in [4.78, 5) is 32.5. The van der Waals surface area contributed by atoms with E-state index in [2.05, 4.69) is 15.3 Å². The number of H-pyrrole nitrogens is 1. The Bertz CT molecular complexity index is 1640. The van der Waals surface area contributed by atoms with Gasteiger partial charge in [0, 0.05) is 41.9 Å². The van der Waals surface area contributed by atoms with Crippen molar-refractivity contribution in [3.8, 4) is 22.1 Å². The van der Waals surface area contributed by atoms with Gasteiger partial charge in [-0.3, -0.25) is 9.59 Å². The molecule has 0 atom stereocenters. The van der Waals surface area contributed by atoms with Gasteiger partial charge in [-0.05, 0) is 32.9 Å². The summed E-state index contributed by atoms with van der Waals surface area (Å²) in [6.07, 6.45) is 2.49. The van der Waals surface area contributed by atoms with Crippen molar-refractivity contribution in [2.45, 2.75) is 31.0 Å². The number of sulfonamides is 1. The Morgan fingerprint density at radius 1 is 1.31 bits per heavy atom. The molecule has 0 spiro atoms. The molecule has 0 unspecified atom stereocenters. The summed E-state index contributed by atoms with van der Waals surface area (Å²) >= 11 is 0.836. The number of aromatic amines is 1. The molecule has 184 valence electrons. The molecule has 0 aliphatic carbocycles. The number of thiophene rings is 1. The molecular formula is C22H22FN5O5S2. The quantitative estimate of drug-likeness (QED) is 0.356. The molecule has 0 aliphatic heterocycles. The summed E-state index contributed by atoms with van der Waals surface area (Å²) in [5.41, 5.74) is 0.761. The number of nitrogens with two attached hydrogens (primary N) is 1. The fraction of sp³-hybridized carbons (Fsp3) is 0.227. The molecule has 0 aromatic carbocycles. The van der Waals surface area contributed by atoms with E-state index in [-0.39, 0.29) is 38.7 Å². The fourth-order valence-electron chi connectivity index (χ4n) is 3.47. The van der Waals surface area contributed by atoms with Crippen LogP contribution in [0.1, 0.15) is 29.9 Å². The van der Waals surface area contributed by atoms with Gasteiger partial charge in [0.05, 0.1) is 11.1 Å². The molecule has 4 aromatic rings. The fourth-order valence-corrected chi connectivity index (χ4v) is 5.30. The minimum atomic E-state index is -4.10. The van der Waals surface area contributed by atoms with E-state index in [0.717, 1.165) is 17.5 Å². The number of amides is 1. The Kier molecular flexibility index (Phi) is 6.25. The van der Waals surface area contributed by atoms with Crippen molar-refractivity contribution in [1.29, 1.82) is 0 Å². The summed E-state index contributed by atoms with van der Waals surface area (Å²) in [7, 11) is -2.57. The van der Waals surface area contributed by atoms with Crippen molar-refractivity contribution < 1.29 is 22.3 Å². The van der Waals surface area contributed by atoms with Crippen LogP contribution in [0.5, 0.6) is 11.6 Å². The van der Waals surface area contributed by atoms with E-state index in [1.54, 1.807) is 20.8 Å². The first kappa shape index (κ1) is 24.6. The number of fused-ring (bicyclic) bond motifs is 1. The van der Waals surface area contributed by atoms with Crippen LogP contribution in [0, 0.1) is 12.7 Å². The number of halogens is 1. The summed E-state index contributed by atoms with van der Waals surface area (Å²) in [5.74, 6) is -0.790. The number of aryl methyl sites for hydroxylation is 2. The van der Waals surface area contributed by atoms with Gasteiger partial charge in [0.2, 0.25) is 15.9 Å². The molecule has 0 aliphatic rings. The minimum absolute atomic E-state index is 0.0681. The number of primary sulfonamides is 1. The molecule has 0 fully saturated rings. The van der Waals surface area contributed by atoms with Crippen LogP contribution in [-0.4, -0.2) is 34.9 Å². The maximum Gasteiger partial charge on any atom is 0.274 e. The Hall–Kier alpha value is -3.55. The highest BCUT2D eigenvalue weighted by atomic mass is 32.2. The van der Waals surface area contributed by atoms with Crippen molar-refractivity contribution in [3.05, 3.63) is 58.0 Å². The lowest BCUT2D eigenvalue weighted by molar-refractivity contribution is 0.0939. The normalized spacial score (nSPS) is 11.9. The molecule has 13 heteroatoms. The largest absolute Gasteiger partial charge is 0.437 e. The SMILES string of the molecule is Cc1cc(F)cnc1Oc1cc(S(N)(=O)=O)sc1-c1cn(C)c(=O)c2[nH]c(C(=O)NC(C)C)cc12. The zero-order chi connectivity index (χ0) is 25.7. The first-order valence-corrected chi connectivity index (χ1v) is 12.7. The second-order valence-electron chi connectivity index (χ2n) is 8.24. The zero-order valence-corrected chi connectivity index (χ0v) is 20.8. The number of rotatable bonds is 6. The third kappa shape index (κ3) is 4.83. The van der Waals surface area contributed by atoms with Crippen molar-refractivity contribution >= 4 is 38.2 Å². The van der Waals surface area contributed by atoms with Gasteiger partial charge < -0.3 is 19.6 Å².